The van der Waals surface area contributed by atoms with E-state index in [4.69, 9.17) is 18.9 Å². The molecule has 2 aromatic carbocycles. The van der Waals surface area contributed by atoms with Gasteiger partial charge in [-0.05, 0) is 23.8 Å². The van der Waals surface area contributed by atoms with Gasteiger partial charge < -0.3 is 39.4 Å². The van der Waals surface area contributed by atoms with E-state index in [9.17, 15) is 24.8 Å². The number of ether oxygens (including phenoxy) is 4. The Labute approximate surface area is 178 Å². The second kappa shape index (κ2) is 10.1. The van der Waals surface area contributed by atoms with Gasteiger partial charge in [-0.1, -0.05) is 24.3 Å². The molecule has 1 fully saturated rings. The fraction of sp³-hybridized carbons (Fsp3) is 0.364. The first kappa shape index (κ1) is 23.0. The smallest absolute Gasteiger partial charge is 0.229 e. The Balaban J connectivity index is 1.97. The van der Waals surface area contributed by atoms with Gasteiger partial charge in [-0.25, -0.2) is 4.39 Å². The Morgan fingerprint density at radius 3 is 2.29 bits per heavy atom. The molecular weight excluding hydrogens is 411 g/mol. The molecule has 0 amide bonds. The van der Waals surface area contributed by atoms with E-state index in [0.29, 0.717) is 11.3 Å². The van der Waals surface area contributed by atoms with E-state index < -0.39 is 37.3 Å². The van der Waals surface area contributed by atoms with Crippen LogP contribution in [0, 0.1) is 5.82 Å². The van der Waals surface area contributed by atoms with Crippen LogP contribution in [0.4, 0.5) is 4.39 Å². The third kappa shape index (κ3) is 5.15. The van der Waals surface area contributed by atoms with Crippen LogP contribution in [-0.4, -0.2) is 72.0 Å². The standard InChI is InChI=1S/C22H25FO8/c1-28-15-9-13(6-3-12-4-7-14(23)8-5-12)21(16(10-15)29-2)31-22-20(27)19(26)18(25)17(11-24)30-22/h3-10,17-20,22,24-27H,11H2,1-2H3/b6-3+/t17?,18-,19+,20-,22+/m1/s1. The van der Waals surface area contributed by atoms with Crippen LogP contribution in [0.3, 0.4) is 0 Å². The topological polar surface area (TPSA) is 118 Å². The predicted molar refractivity (Wildman–Crippen MR) is 109 cm³/mol. The summed E-state index contributed by atoms with van der Waals surface area (Å²) in [5.41, 5.74) is 1.21. The molecule has 0 radical (unpaired) electrons. The first-order valence-corrected chi connectivity index (χ1v) is 9.54. The van der Waals surface area contributed by atoms with E-state index in [1.807, 2.05) is 0 Å². The number of methoxy groups -OCH3 is 2. The summed E-state index contributed by atoms with van der Waals surface area (Å²) >= 11 is 0. The first-order valence-electron chi connectivity index (χ1n) is 9.54. The molecule has 1 aliphatic heterocycles. The van der Waals surface area contributed by atoms with Crippen molar-refractivity contribution in [2.75, 3.05) is 20.8 Å². The summed E-state index contributed by atoms with van der Waals surface area (Å²) in [6, 6.07) is 9.08. The van der Waals surface area contributed by atoms with Crippen LogP contribution in [0.2, 0.25) is 0 Å². The van der Waals surface area contributed by atoms with Crippen LogP contribution in [-0.2, 0) is 4.74 Å². The lowest BCUT2D eigenvalue weighted by atomic mass is 9.99. The van der Waals surface area contributed by atoms with E-state index in [0.717, 1.165) is 5.56 Å². The lowest BCUT2D eigenvalue weighted by Crippen LogP contribution is -2.60. The molecule has 1 saturated heterocycles. The van der Waals surface area contributed by atoms with Gasteiger partial charge in [0.2, 0.25) is 6.29 Å². The lowest BCUT2D eigenvalue weighted by Gasteiger charge is -2.39. The number of aliphatic hydroxyl groups is 4. The third-order valence-corrected chi connectivity index (χ3v) is 4.92. The zero-order valence-corrected chi connectivity index (χ0v) is 17.0. The lowest BCUT2D eigenvalue weighted by molar-refractivity contribution is -0.277. The van der Waals surface area contributed by atoms with E-state index in [1.54, 1.807) is 36.4 Å². The zero-order chi connectivity index (χ0) is 22.5. The quantitative estimate of drug-likeness (QED) is 0.478. The van der Waals surface area contributed by atoms with Crippen molar-refractivity contribution in [1.29, 1.82) is 0 Å². The van der Waals surface area contributed by atoms with Gasteiger partial charge in [-0.15, -0.1) is 0 Å². The van der Waals surface area contributed by atoms with Gasteiger partial charge in [-0.3, -0.25) is 0 Å². The number of halogens is 1. The highest BCUT2D eigenvalue weighted by atomic mass is 19.1. The minimum absolute atomic E-state index is 0.172. The Hall–Kier alpha value is -2.69. The van der Waals surface area contributed by atoms with Crippen LogP contribution in [0.5, 0.6) is 17.2 Å². The van der Waals surface area contributed by atoms with Crippen molar-refractivity contribution < 1.29 is 43.8 Å². The molecule has 1 unspecified atom stereocenters. The summed E-state index contributed by atoms with van der Waals surface area (Å²) in [4.78, 5) is 0. The van der Waals surface area contributed by atoms with E-state index in [1.165, 1.54) is 26.4 Å². The molecule has 1 heterocycles. The summed E-state index contributed by atoms with van der Waals surface area (Å²) in [5.74, 6) is 0.546. The van der Waals surface area contributed by atoms with Crippen molar-refractivity contribution in [3.05, 3.63) is 53.3 Å². The minimum atomic E-state index is -1.58. The molecule has 4 N–H and O–H groups in total. The number of hydrogen-bond donors (Lipinski definition) is 4. The highest BCUT2D eigenvalue weighted by molar-refractivity contribution is 5.75. The molecule has 31 heavy (non-hydrogen) atoms. The van der Waals surface area contributed by atoms with Crippen molar-refractivity contribution in [1.82, 2.24) is 0 Å². The maximum absolute atomic E-state index is 13.2. The largest absolute Gasteiger partial charge is 0.497 e. The molecule has 5 atom stereocenters. The molecular formula is C22H25FO8. The van der Waals surface area contributed by atoms with Gasteiger partial charge in [0.1, 0.15) is 36.0 Å². The highest BCUT2D eigenvalue weighted by Crippen LogP contribution is 2.39. The third-order valence-electron chi connectivity index (χ3n) is 4.92. The fourth-order valence-corrected chi connectivity index (χ4v) is 3.16. The molecule has 8 nitrogen and oxygen atoms in total. The van der Waals surface area contributed by atoms with Crippen molar-refractivity contribution in [3.63, 3.8) is 0 Å². The van der Waals surface area contributed by atoms with Gasteiger partial charge in [0, 0.05) is 11.6 Å². The van der Waals surface area contributed by atoms with Gasteiger partial charge >= 0.3 is 0 Å². The molecule has 0 spiro atoms. The van der Waals surface area contributed by atoms with Crippen molar-refractivity contribution >= 4 is 12.2 Å². The van der Waals surface area contributed by atoms with Gasteiger partial charge in [0.25, 0.3) is 0 Å². The molecule has 0 aromatic heterocycles. The van der Waals surface area contributed by atoms with Crippen LogP contribution in [0.1, 0.15) is 11.1 Å². The molecule has 168 valence electrons. The summed E-state index contributed by atoms with van der Waals surface area (Å²) in [6.07, 6.45) is -3.79. The van der Waals surface area contributed by atoms with Crippen molar-refractivity contribution in [2.24, 2.45) is 0 Å². The maximum Gasteiger partial charge on any atom is 0.229 e. The normalized spacial score (nSPS) is 26.1. The predicted octanol–water partition coefficient (Wildman–Crippen LogP) is 1.19. The second-order valence-corrected chi connectivity index (χ2v) is 6.95. The SMILES string of the molecule is COc1cc(/C=C/c2ccc(F)cc2)c(O[C@@H]2OC(CO)[C@@H](O)[C@H](O)[C@H]2O)c(OC)c1. The summed E-state index contributed by atoms with van der Waals surface area (Å²) < 4.78 is 35.1. The maximum atomic E-state index is 13.2. The van der Waals surface area contributed by atoms with E-state index in [2.05, 4.69) is 0 Å². The molecule has 3 rings (SSSR count). The Morgan fingerprint density at radius 2 is 1.68 bits per heavy atom. The van der Waals surface area contributed by atoms with Crippen LogP contribution >= 0.6 is 0 Å². The number of benzene rings is 2. The van der Waals surface area contributed by atoms with Crippen LogP contribution in [0.25, 0.3) is 12.2 Å². The van der Waals surface area contributed by atoms with Crippen molar-refractivity contribution in [3.8, 4) is 17.2 Å². The molecule has 1 aliphatic rings. The Morgan fingerprint density at radius 1 is 0.968 bits per heavy atom. The minimum Gasteiger partial charge on any atom is -0.497 e. The summed E-state index contributed by atoms with van der Waals surface area (Å²) in [5, 5.41) is 39.7. The number of hydrogen-bond acceptors (Lipinski definition) is 8. The fourth-order valence-electron chi connectivity index (χ4n) is 3.16. The second-order valence-electron chi connectivity index (χ2n) is 6.95. The zero-order valence-electron chi connectivity index (χ0n) is 17.0. The van der Waals surface area contributed by atoms with E-state index >= 15 is 0 Å². The van der Waals surface area contributed by atoms with Crippen molar-refractivity contribution in [2.45, 2.75) is 30.7 Å². The molecule has 0 bridgehead atoms. The average Bonchev–Trinajstić information content (AvgIpc) is 2.79. The van der Waals surface area contributed by atoms with Crippen LogP contribution < -0.4 is 14.2 Å². The number of aliphatic hydroxyl groups excluding tert-OH is 4. The Kier molecular flexibility index (Phi) is 7.47. The Bertz CT molecular complexity index is 899. The molecule has 9 heteroatoms. The summed E-state index contributed by atoms with van der Waals surface area (Å²) in [7, 11) is 2.91. The van der Waals surface area contributed by atoms with Gasteiger partial charge in [-0.2, -0.15) is 0 Å². The van der Waals surface area contributed by atoms with Gasteiger partial charge in [0.15, 0.2) is 11.5 Å². The van der Waals surface area contributed by atoms with Gasteiger partial charge in [0.05, 0.1) is 20.8 Å². The monoisotopic (exact) mass is 436 g/mol. The molecule has 0 saturated carbocycles. The van der Waals surface area contributed by atoms with E-state index in [-0.39, 0.29) is 17.3 Å². The number of rotatable bonds is 7. The van der Waals surface area contributed by atoms with Crippen LogP contribution in [0.15, 0.2) is 36.4 Å². The average molecular weight is 436 g/mol. The molecule has 2 aromatic rings. The molecule has 0 aliphatic carbocycles. The highest BCUT2D eigenvalue weighted by Gasteiger charge is 2.45. The summed E-state index contributed by atoms with van der Waals surface area (Å²) in [6.45, 7) is -0.581. The first-order chi connectivity index (χ1) is 14.9.